The molecule has 0 aromatic heterocycles. The van der Waals surface area contributed by atoms with Gasteiger partial charge in [0.1, 0.15) is 0 Å². The Morgan fingerprint density at radius 3 is 1.88 bits per heavy atom. The molecule has 0 aromatic rings. The zero-order chi connectivity index (χ0) is 13.2. The lowest BCUT2D eigenvalue weighted by atomic mass is 9.79. The Hall–Kier alpha value is -0.0800. The predicted octanol–water partition coefficient (Wildman–Crippen LogP) is 3.33. The first kappa shape index (κ1) is 18.3. The van der Waals surface area contributed by atoms with Gasteiger partial charge in [0.25, 0.3) is 0 Å². The van der Waals surface area contributed by atoms with E-state index in [0.717, 1.165) is 0 Å². The molecular weight excluding hydrogens is 196 g/mol. The van der Waals surface area contributed by atoms with E-state index in [-0.39, 0.29) is 0 Å². The van der Waals surface area contributed by atoms with Gasteiger partial charge in [-0.2, -0.15) is 0 Å². The smallest absolute Gasteiger partial charge is 0.00452 e. The summed E-state index contributed by atoms with van der Waals surface area (Å²) in [6.45, 7) is 17.6. The average molecular weight is 230 g/mol. The topological polar surface area (TPSA) is 6.48 Å². The maximum atomic E-state index is 2.40. The molecule has 1 aliphatic rings. The summed E-state index contributed by atoms with van der Waals surface area (Å²) in [6, 6.07) is 0. The zero-order valence-corrected chi connectivity index (χ0v) is 12.9. The van der Waals surface area contributed by atoms with Crippen molar-refractivity contribution < 1.29 is 0 Å². The summed E-state index contributed by atoms with van der Waals surface area (Å²) in [5, 5.41) is 0. The minimum absolute atomic E-state index is 0.609. The summed E-state index contributed by atoms with van der Waals surface area (Å²) in [5.41, 5.74) is 0.609. The first-order valence-electron chi connectivity index (χ1n) is 6.93. The van der Waals surface area contributed by atoms with Crippen molar-refractivity contribution >= 4 is 0 Å². The average Bonchev–Trinajstić information content (AvgIpc) is 2.29. The van der Waals surface area contributed by atoms with Crippen molar-refractivity contribution in [1.29, 1.82) is 0 Å². The second-order valence-corrected chi connectivity index (χ2v) is 4.63. The molecule has 0 atom stereocenters. The molecule has 0 N–H and O–H groups in total. The molecule has 0 saturated carbocycles. The lowest BCUT2D eigenvalue weighted by Gasteiger charge is -2.47. The van der Waals surface area contributed by atoms with Gasteiger partial charge in [0.2, 0.25) is 0 Å². The fraction of sp³-hybridized carbons (Fsp3) is 1.00. The van der Waals surface area contributed by atoms with Gasteiger partial charge >= 0.3 is 0 Å². The van der Waals surface area contributed by atoms with Gasteiger partial charge in [-0.25, -0.2) is 0 Å². The Bertz CT molecular complexity index is 140. The van der Waals surface area contributed by atoms with Gasteiger partial charge in [-0.15, -0.1) is 0 Å². The van der Waals surface area contributed by atoms with Crippen LogP contribution in [-0.4, -0.2) is 50.1 Å². The number of hydrogen-bond acceptors (Lipinski definition) is 2. The largest absolute Gasteiger partial charge is 0.307 e. The Morgan fingerprint density at radius 2 is 1.56 bits per heavy atom. The highest BCUT2D eigenvalue weighted by molar-refractivity contribution is 4.89. The second-order valence-electron chi connectivity index (χ2n) is 4.63. The van der Waals surface area contributed by atoms with Gasteiger partial charge in [-0.1, -0.05) is 41.5 Å². The fourth-order valence-electron chi connectivity index (χ4n) is 2.03. The third-order valence-corrected chi connectivity index (χ3v) is 2.94. The maximum Gasteiger partial charge on any atom is 0.00452 e. The van der Waals surface area contributed by atoms with Gasteiger partial charge < -0.3 is 9.80 Å². The van der Waals surface area contributed by atoms with E-state index in [1.165, 1.54) is 32.6 Å². The third kappa shape index (κ3) is 7.24. The van der Waals surface area contributed by atoms with Crippen molar-refractivity contribution in [2.75, 3.05) is 40.3 Å². The van der Waals surface area contributed by atoms with Gasteiger partial charge in [0, 0.05) is 13.1 Å². The van der Waals surface area contributed by atoms with Crippen LogP contribution in [0.4, 0.5) is 0 Å². The van der Waals surface area contributed by atoms with Crippen molar-refractivity contribution in [3.05, 3.63) is 0 Å². The van der Waals surface area contributed by atoms with Gasteiger partial charge in [0.15, 0.2) is 0 Å². The number of hydrogen-bond donors (Lipinski definition) is 0. The van der Waals surface area contributed by atoms with Crippen LogP contribution in [0.2, 0.25) is 0 Å². The summed E-state index contributed by atoms with van der Waals surface area (Å²) >= 11 is 0. The van der Waals surface area contributed by atoms with Gasteiger partial charge in [-0.3, -0.25) is 0 Å². The monoisotopic (exact) mass is 230 g/mol. The lowest BCUT2D eigenvalue weighted by Crippen LogP contribution is -2.53. The molecule has 2 heteroatoms. The van der Waals surface area contributed by atoms with E-state index in [2.05, 4.69) is 37.7 Å². The zero-order valence-electron chi connectivity index (χ0n) is 12.9. The molecule has 0 radical (unpaired) electrons. The molecular formula is C14H34N2. The second kappa shape index (κ2) is 10.1. The maximum absolute atomic E-state index is 2.40. The van der Waals surface area contributed by atoms with Crippen LogP contribution in [0.15, 0.2) is 0 Å². The Morgan fingerprint density at radius 1 is 1.12 bits per heavy atom. The molecule has 100 valence electrons. The molecule has 0 aromatic carbocycles. The highest BCUT2D eigenvalue weighted by Crippen LogP contribution is 2.31. The van der Waals surface area contributed by atoms with Crippen molar-refractivity contribution in [3.63, 3.8) is 0 Å². The summed E-state index contributed by atoms with van der Waals surface area (Å²) in [4.78, 5) is 4.79. The molecule has 1 saturated heterocycles. The van der Waals surface area contributed by atoms with Crippen molar-refractivity contribution in [2.45, 2.75) is 48.0 Å². The van der Waals surface area contributed by atoms with Crippen LogP contribution >= 0.6 is 0 Å². The normalized spacial score (nSPS) is 17.8. The summed E-state index contributed by atoms with van der Waals surface area (Å²) in [7, 11) is 4.40. The van der Waals surface area contributed by atoms with E-state index in [9.17, 15) is 0 Å². The SMILES string of the molecule is CC.CC.CCN(C)CCC1(C)CN(C)C1. The van der Waals surface area contributed by atoms with E-state index in [1.807, 2.05) is 27.7 Å². The Balaban J connectivity index is 0. The highest BCUT2D eigenvalue weighted by Gasteiger charge is 2.35. The van der Waals surface area contributed by atoms with Crippen molar-refractivity contribution in [2.24, 2.45) is 5.41 Å². The van der Waals surface area contributed by atoms with E-state index >= 15 is 0 Å². The van der Waals surface area contributed by atoms with E-state index in [1.54, 1.807) is 0 Å². The van der Waals surface area contributed by atoms with Gasteiger partial charge in [0.05, 0.1) is 0 Å². The minimum Gasteiger partial charge on any atom is -0.307 e. The van der Waals surface area contributed by atoms with Crippen LogP contribution in [0, 0.1) is 5.41 Å². The van der Waals surface area contributed by atoms with Crippen molar-refractivity contribution in [3.8, 4) is 0 Å². The standard InChI is InChI=1S/C10H22N2.2C2H6/c1-5-11(3)7-6-10(2)8-12(4)9-10;2*1-2/h5-9H2,1-4H3;2*1-2H3. The van der Waals surface area contributed by atoms with Crippen LogP contribution in [0.25, 0.3) is 0 Å². The number of likely N-dealkylation sites (tertiary alicyclic amines) is 1. The van der Waals surface area contributed by atoms with Gasteiger partial charge in [-0.05, 0) is 39.0 Å². The van der Waals surface area contributed by atoms with E-state index < -0.39 is 0 Å². The molecule has 1 heterocycles. The van der Waals surface area contributed by atoms with Crippen LogP contribution in [0.3, 0.4) is 0 Å². The van der Waals surface area contributed by atoms with E-state index in [4.69, 9.17) is 0 Å². The summed E-state index contributed by atoms with van der Waals surface area (Å²) < 4.78 is 0. The lowest BCUT2D eigenvalue weighted by molar-refractivity contribution is 0.0249. The van der Waals surface area contributed by atoms with Crippen LogP contribution in [-0.2, 0) is 0 Å². The van der Waals surface area contributed by atoms with Crippen molar-refractivity contribution in [1.82, 2.24) is 9.80 Å². The Kier molecular flexibility index (Phi) is 11.5. The fourth-order valence-corrected chi connectivity index (χ4v) is 2.03. The molecule has 2 nitrogen and oxygen atoms in total. The molecule has 0 amide bonds. The minimum atomic E-state index is 0.609. The third-order valence-electron chi connectivity index (χ3n) is 2.94. The molecule has 1 fully saturated rings. The molecule has 16 heavy (non-hydrogen) atoms. The van der Waals surface area contributed by atoms with Crippen LogP contribution in [0.1, 0.15) is 48.0 Å². The highest BCUT2D eigenvalue weighted by atomic mass is 15.2. The Labute approximate surface area is 104 Å². The van der Waals surface area contributed by atoms with E-state index in [0.29, 0.717) is 5.41 Å². The number of nitrogens with zero attached hydrogens (tertiary/aromatic N) is 2. The first-order valence-corrected chi connectivity index (χ1v) is 6.93. The predicted molar refractivity (Wildman–Crippen MR) is 76.1 cm³/mol. The summed E-state index contributed by atoms with van der Waals surface area (Å²) in [5.74, 6) is 0. The molecule has 0 unspecified atom stereocenters. The molecule has 1 rings (SSSR count). The quantitative estimate of drug-likeness (QED) is 0.731. The van der Waals surface area contributed by atoms with Crippen LogP contribution in [0.5, 0.6) is 0 Å². The van der Waals surface area contributed by atoms with Crippen LogP contribution < -0.4 is 0 Å². The molecule has 0 bridgehead atoms. The first-order chi connectivity index (χ1) is 7.56. The molecule has 0 spiro atoms. The molecule has 0 aliphatic carbocycles. The molecule has 1 aliphatic heterocycles. The number of rotatable bonds is 4. The summed E-state index contributed by atoms with van der Waals surface area (Å²) in [6.07, 6.45) is 1.35.